The first-order valence-corrected chi connectivity index (χ1v) is 12.4. The Morgan fingerprint density at radius 2 is 1.71 bits per heavy atom. The van der Waals surface area contributed by atoms with E-state index >= 15 is 0 Å². The van der Waals surface area contributed by atoms with Crippen LogP contribution in [0.15, 0.2) is 74.5 Å². The summed E-state index contributed by atoms with van der Waals surface area (Å²) in [6, 6.07) is 15.3. The summed E-state index contributed by atoms with van der Waals surface area (Å²) in [5.41, 5.74) is 1.95. The molecule has 3 aromatic rings. The van der Waals surface area contributed by atoms with E-state index in [1.165, 1.54) is 41.3 Å². The molecule has 11 heteroatoms. The number of ether oxygens (including phenoxy) is 1. The van der Waals surface area contributed by atoms with Crippen molar-refractivity contribution in [2.45, 2.75) is 6.61 Å². The number of hydrogen-bond acceptors (Lipinski definition) is 6. The lowest BCUT2D eigenvalue weighted by molar-refractivity contribution is -0.384. The number of non-ortho nitro benzene ring substituents is 1. The maximum atomic E-state index is 13.1. The summed E-state index contributed by atoms with van der Waals surface area (Å²) in [6.07, 6.45) is 1.71. The fourth-order valence-electron chi connectivity index (χ4n) is 3.10. The van der Waals surface area contributed by atoms with E-state index in [-0.39, 0.29) is 24.0 Å². The predicted octanol–water partition coefficient (Wildman–Crippen LogP) is 7.24. The van der Waals surface area contributed by atoms with Crippen molar-refractivity contribution >= 4 is 83.5 Å². The first kappa shape index (κ1) is 24.5. The van der Waals surface area contributed by atoms with Crippen LogP contribution in [0.2, 0.25) is 0 Å². The van der Waals surface area contributed by atoms with Gasteiger partial charge in [-0.05, 0) is 85.5 Å². The number of halogens is 3. The summed E-state index contributed by atoms with van der Waals surface area (Å²) in [5.74, 6) is -0.0536. The van der Waals surface area contributed by atoms with Gasteiger partial charge in [-0.3, -0.25) is 19.8 Å². The third-order valence-electron chi connectivity index (χ3n) is 4.73. The number of benzene rings is 3. The van der Waals surface area contributed by atoms with Gasteiger partial charge in [-0.25, -0.2) is 4.39 Å². The van der Waals surface area contributed by atoms with Crippen molar-refractivity contribution in [1.29, 1.82) is 0 Å². The highest BCUT2D eigenvalue weighted by molar-refractivity contribution is 9.11. The zero-order valence-electron chi connectivity index (χ0n) is 17.0. The average molecular weight is 624 g/mol. The van der Waals surface area contributed by atoms with Crippen LogP contribution in [0, 0.1) is 15.9 Å². The number of thioether (sulfide) groups is 1. The fourth-order valence-corrected chi connectivity index (χ4v) is 5.85. The Balaban J connectivity index is 1.53. The summed E-state index contributed by atoms with van der Waals surface area (Å²) in [7, 11) is 0. The number of carbonyl (C=O) groups excluding carboxylic acids is 1. The third-order valence-corrected chi connectivity index (χ3v) is 7.21. The number of nitro benzene ring substituents is 1. The number of hydrogen-bond donors (Lipinski definition) is 0. The average Bonchev–Trinajstić information content (AvgIpc) is 3.07. The summed E-state index contributed by atoms with van der Waals surface area (Å²) in [5, 5.41) is 10.9. The van der Waals surface area contributed by atoms with Crippen molar-refractivity contribution in [3.8, 4) is 5.75 Å². The van der Waals surface area contributed by atoms with Crippen molar-refractivity contribution in [3.05, 3.63) is 102 Å². The van der Waals surface area contributed by atoms with Gasteiger partial charge in [0.25, 0.3) is 11.6 Å². The van der Waals surface area contributed by atoms with Crippen molar-refractivity contribution in [2.24, 2.45) is 0 Å². The van der Waals surface area contributed by atoms with E-state index in [1.807, 2.05) is 12.1 Å². The standard InChI is InChI=1S/C23H13Br2FN2O4S2/c24-18-9-14(10-19(25)21(18)32-12-13-1-3-15(26)4-2-13)11-20-22(29)27(23(33)34-20)16-5-7-17(8-6-16)28(30)31/h1-11H,12H2/b20-11+. The second-order valence-electron chi connectivity index (χ2n) is 7.02. The van der Waals surface area contributed by atoms with Crippen LogP contribution in [-0.2, 0) is 11.4 Å². The zero-order chi connectivity index (χ0) is 24.4. The number of anilines is 1. The van der Waals surface area contributed by atoms with Gasteiger partial charge in [0, 0.05) is 12.1 Å². The first-order valence-electron chi connectivity index (χ1n) is 9.61. The van der Waals surface area contributed by atoms with Crippen molar-refractivity contribution in [2.75, 3.05) is 4.90 Å². The number of amides is 1. The molecule has 172 valence electrons. The van der Waals surface area contributed by atoms with E-state index in [0.29, 0.717) is 29.6 Å². The van der Waals surface area contributed by atoms with E-state index in [9.17, 15) is 19.3 Å². The quantitative estimate of drug-likeness (QED) is 0.125. The molecule has 1 heterocycles. The van der Waals surface area contributed by atoms with Gasteiger partial charge in [-0.15, -0.1) is 0 Å². The lowest BCUT2D eigenvalue weighted by Crippen LogP contribution is -2.27. The molecule has 0 unspecified atom stereocenters. The van der Waals surface area contributed by atoms with Gasteiger partial charge < -0.3 is 4.74 Å². The van der Waals surface area contributed by atoms with Crippen molar-refractivity contribution < 1.29 is 18.8 Å². The van der Waals surface area contributed by atoms with Gasteiger partial charge in [0.15, 0.2) is 4.32 Å². The molecule has 3 aromatic carbocycles. The lowest BCUT2D eigenvalue weighted by atomic mass is 10.2. The Bertz CT molecular complexity index is 1310. The Kier molecular flexibility index (Phi) is 7.46. The molecule has 0 bridgehead atoms. The van der Waals surface area contributed by atoms with E-state index in [4.69, 9.17) is 17.0 Å². The van der Waals surface area contributed by atoms with Crippen LogP contribution in [0.4, 0.5) is 15.8 Å². The zero-order valence-corrected chi connectivity index (χ0v) is 21.8. The minimum atomic E-state index is -0.503. The van der Waals surface area contributed by atoms with Crippen molar-refractivity contribution in [1.82, 2.24) is 0 Å². The minimum Gasteiger partial charge on any atom is -0.487 e. The van der Waals surface area contributed by atoms with Crippen LogP contribution in [-0.4, -0.2) is 15.2 Å². The molecular formula is C23H13Br2FN2O4S2. The largest absolute Gasteiger partial charge is 0.487 e. The SMILES string of the molecule is O=C1/C(=C\c2cc(Br)c(OCc3ccc(F)cc3)c(Br)c2)SC(=S)N1c1ccc([N+](=O)[O-])cc1. The molecule has 1 aliphatic rings. The Labute approximate surface area is 220 Å². The van der Waals surface area contributed by atoms with E-state index in [2.05, 4.69) is 31.9 Å². The molecule has 1 saturated heterocycles. The number of nitrogens with zero attached hydrogens (tertiary/aromatic N) is 2. The maximum Gasteiger partial charge on any atom is 0.270 e. The lowest BCUT2D eigenvalue weighted by Gasteiger charge is -2.14. The third kappa shape index (κ3) is 5.38. The fraction of sp³-hybridized carbons (Fsp3) is 0.0435. The Morgan fingerprint density at radius 3 is 2.29 bits per heavy atom. The van der Waals surface area contributed by atoms with Gasteiger partial charge >= 0.3 is 0 Å². The van der Waals surface area contributed by atoms with Crippen LogP contribution >= 0.6 is 55.8 Å². The van der Waals surface area contributed by atoms with Crippen LogP contribution in [0.1, 0.15) is 11.1 Å². The van der Waals surface area contributed by atoms with Gasteiger partial charge in [-0.2, -0.15) is 0 Å². The van der Waals surface area contributed by atoms with Gasteiger partial charge in [-0.1, -0.05) is 36.1 Å². The Morgan fingerprint density at radius 1 is 1.09 bits per heavy atom. The van der Waals surface area contributed by atoms with E-state index < -0.39 is 4.92 Å². The molecule has 1 amide bonds. The highest BCUT2D eigenvalue weighted by Gasteiger charge is 2.33. The van der Waals surface area contributed by atoms with Crippen LogP contribution < -0.4 is 9.64 Å². The number of rotatable bonds is 6. The summed E-state index contributed by atoms with van der Waals surface area (Å²) < 4.78 is 20.6. The molecule has 4 rings (SSSR count). The second kappa shape index (κ2) is 10.3. The molecule has 6 nitrogen and oxygen atoms in total. The number of carbonyl (C=O) groups is 1. The second-order valence-corrected chi connectivity index (χ2v) is 10.4. The molecule has 0 aromatic heterocycles. The van der Waals surface area contributed by atoms with Crippen LogP contribution in [0.25, 0.3) is 6.08 Å². The van der Waals surface area contributed by atoms with Gasteiger partial charge in [0.05, 0.1) is 24.5 Å². The maximum absolute atomic E-state index is 13.1. The van der Waals surface area contributed by atoms with Gasteiger partial charge in [0.2, 0.25) is 0 Å². The smallest absolute Gasteiger partial charge is 0.270 e. The number of thiocarbonyl (C=S) groups is 1. The van der Waals surface area contributed by atoms with Gasteiger partial charge in [0.1, 0.15) is 18.2 Å². The summed E-state index contributed by atoms with van der Waals surface area (Å²) >= 11 is 13.5. The monoisotopic (exact) mass is 622 g/mol. The summed E-state index contributed by atoms with van der Waals surface area (Å²) in [6.45, 7) is 0.255. The molecule has 1 aliphatic heterocycles. The topological polar surface area (TPSA) is 72.7 Å². The first-order chi connectivity index (χ1) is 16.2. The molecule has 1 fully saturated rings. The Hall–Kier alpha value is -2.60. The normalized spacial score (nSPS) is 14.7. The van der Waals surface area contributed by atoms with Crippen LogP contribution in [0.3, 0.4) is 0 Å². The molecule has 0 saturated carbocycles. The molecule has 0 atom stereocenters. The molecule has 0 spiro atoms. The minimum absolute atomic E-state index is 0.0684. The van der Waals surface area contributed by atoms with E-state index in [0.717, 1.165) is 22.9 Å². The molecule has 0 N–H and O–H groups in total. The number of nitro groups is 1. The molecule has 0 radical (unpaired) electrons. The molecular weight excluding hydrogens is 611 g/mol. The molecule has 0 aliphatic carbocycles. The van der Waals surface area contributed by atoms with Crippen LogP contribution in [0.5, 0.6) is 5.75 Å². The van der Waals surface area contributed by atoms with E-state index in [1.54, 1.807) is 18.2 Å². The molecule has 34 heavy (non-hydrogen) atoms. The highest BCUT2D eigenvalue weighted by Crippen LogP contribution is 2.39. The highest BCUT2D eigenvalue weighted by atomic mass is 79.9. The van der Waals surface area contributed by atoms with Crippen molar-refractivity contribution in [3.63, 3.8) is 0 Å². The summed E-state index contributed by atoms with van der Waals surface area (Å²) in [4.78, 5) is 25.1. The predicted molar refractivity (Wildman–Crippen MR) is 141 cm³/mol.